The number of alkyl halides is 2. The van der Waals surface area contributed by atoms with Crippen molar-refractivity contribution in [3.05, 3.63) is 27.7 Å². The molecule has 1 aromatic rings. The van der Waals surface area contributed by atoms with E-state index in [0.717, 1.165) is 0 Å². The molecule has 7 heteroatoms. The highest BCUT2D eigenvalue weighted by atomic mass is 19.3. The lowest BCUT2D eigenvalue weighted by Crippen LogP contribution is -2.15. The molecule has 5 nitrogen and oxygen atoms in total. The van der Waals surface area contributed by atoms with Crippen molar-refractivity contribution in [2.45, 2.75) is 6.43 Å². The molecule has 0 bridgehead atoms. The summed E-state index contributed by atoms with van der Waals surface area (Å²) in [6.07, 6.45) is -2.57. The average molecular weight is 205 g/mol. The van der Waals surface area contributed by atoms with Gasteiger partial charge >= 0.3 is 5.97 Å². The molecule has 0 radical (unpaired) electrons. The van der Waals surface area contributed by atoms with E-state index >= 15 is 0 Å². The first kappa shape index (κ1) is 10.2. The molecule has 0 atom stereocenters. The van der Waals surface area contributed by atoms with Crippen molar-refractivity contribution in [1.82, 2.24) is 4.98 Å². The Balaban J connectivity index is 3.49. The van der Waals surface area contributed by atoms with Crippen molar-refractivity contribution in [3.63, 3.8) is 0 Å². The molecule has 3 N–H and O–H groups in total. The van der Waals surface area contributed by atoms with Gasteiger partial charge in [0.15, 0.2) is 0 Å². The van der Waals surface area contributed by atoms with E-state index in [0.29, 0.717) is 6.20 Å². The molecule has 0 saturated heterocycles. The normalized spacial score (nSPS) is 10.5. The molecule has 0 aliphatic carbocycles. The van der Waals surface area contributed by atoms with E-state index in [1.165, 1.54) is 0 Å². The highest BCUT2D eigenvalue weighted by molar-refractivity contribution is 5.90. The topological polar surface area (TPSA) is 90.4 Å². The van der Waals surface area contributed by atoms with E-state index in [1.807, 2.05) is 0 Å². The molecule has 0 aliphatic heterocycles. The van der Waals surface area contributed by atoms with E-state index in [4.69, 9.17) is 10.2 Å². The third-order valence-electron chi connectivity index (χ3n) is 1.55. The zero-order chi connectivity index (χ0) is 10.9. The second kappa shape index (κ2) is 3.44. The lowest BCUT2D eigenvalue weighted by molar-refractivity contribution is 0.0692. The summed E-state index contributed by atoms with van der Waals surface area (Å²) < 4.78 is 24.3. The largest absolute Gasteiger partial charge is 0.506 e. The van der Waals surface area contributed by atoms with Crippen molar-refractivity contribution in [1.29, 1.82) is 0 Å². The number of carboxylic acid groups (broad SMARTS) is 1. The molecular weight excluding hydrogens is 200 g/mol. The van der Waals surface area contributed by atoms with E-state index in [-0.39, 0.29) is 0 Å². The number of pyridine rings is 1. The second-order valence-corrected chi connectivity index (χ2v) is 2.40. The van der Waals surface area contributed by atoms with E-state index in [1.54, 1.807) is 4.98 Å². The minimum absolute atomic E-state index is 0.659. The Morgan fingerprint density at radius 3 is 2.50 bits per heavy atom. The number of nitrogens with one attached hydrogen (secondary N) is 1. The lowest BCUT2D eigenvalue weighted by atomic mass is 10.2. The summed E-state index contributed by atoms with van der Waals surface area (Å²) >= 11 is 0. The van der Waals surface area contributed by atoms with Gasteiger partial charge in [-0.3, -0.25) is 4.79 Å². The van der Waals surface area contributed by atoms with Gasteiger partial charge in [-0.25, -0.2) is 13.6 Å². The first-order chi connectivity index (χ1) is 6.45. The van der Waals surface area contributed by atoms with Gasteiger partial charge in [0.1, 0.15) is 16.9 Å². The number of aromatic hydroxyl groups is 1. The molecule has 0 fully saturated rings. The van der Waals surface area contributed by atoms with Crippen molar-refractivity contribution in [2.24, 2.45) is 0 Å². The number of halogens is 2. The van der Waals surface area contributed by atoms with Crippen LogP contribution in [-0.4, -0.2) is 21.2 Å². The first-order valence-electron chi connectivity index (χ1n) is 3.41. The van der Waals surface area contributed by atoms with Crippen LogP contribution in [0, 0.1) is 0 Å². The van der Waals surface area contributed by atoms with Crippen LogP contribution in [-0.2, 0) is 0 Å². The number of hydrogen-bond donors (Lipinski definition) is 3. The van der Waals surface area contributed by atoms with Crippen molar-refractivity contribution in [3.8, 4) is 5.75 Å². The quantitative estimate of drug-likeness (QED) is 0.663. The Morgan fingerprint density at radius 1 is 1.50 bits per heavy atom. The van der Waals surface area contributed by atoms with Crippen LogP contribution in [0.15, 0.2) is 11.0 Å². The van der Waals surface area contributed by atoms with Gasteiger partial charge < -0.3 is 15.2 Å². The molecular formula is C7H5F2NO4. The van der Waals surface area contributed by atoms with Crippen LogP contribution in [0.5, 0.6) is 5.75 Å². The molecule has 76 valence electrons. The fraction of sp³-hybridized carbons (Fsp3) is 0.143. The number of aromatic carboxylic acids is 1. The van der Waals surface area contributed by atoms with Crippen LogP contribution < -0.4 is 5.56 Å². The van der Waals surface area contributed by atoms with Crippen LogP contribution in [0.3, 0.4) is 0 Å². The number of aromatic amines is 1. The molecule has 1 aromatic heterocycles. The maximum Gasteiger partial charge on any atom is 0.340 e. The van der Waals surface area contributed by atoms with Gasteiger partial charge in [0.05, 0.1) is 0 Å². The van der Waals surface area contributed by atoms with Gasteiger partial charge in [-0.15, -0.1) is 0 Å². The Kier molecular flexibility index (Phi) is 2.50. The van der Waals surface area contributed by atoms with Gasteiger partial charge in [0, 0.05) is 6.20 Å². The van der Waals surface area contributed by atoms with Crippen LogP contribution >= 0.6 is 0 Å². The van der Waals surface area contributed by atoms with Crippen molar-refractivity contribution < 1.29 is 23.8 Å². The summed E-state index contributed by atoms with van der Waals surface area (Å²) in [7, 11) is 0. The summed E-state index contributed by atoms with van der Waals surface area (Å²) in [4.78, 5) is 22.9. The summed E-state index contributed by atoms with van der Waals surface area (Å²) in [5.74, 6) is -2.79. The minimum Gasteiger partial charge on any atom is -0.506 e. The molecule has 0 aromatic carbocycles. The Morgan fingerprint density at radius 2 is 2.07 bits per heavy atom. The number of rotatable bonds is 2. The third-order valence-corrected chi connectivity index (χ3v) is 1.55. The van der Waals surface area contributed by atoms with E-state index in [2.05, 4.69) is 0 Å². The van der Waals surface area contributed by atoms with Crippen LogP contribution in [0.25, 0.3) is 0 Å². The standard InChI is InChI=1S/C7H5F2NO4/c8-5(9)3-4(11)2(7(13)14)1-10-6(3)12/h1,5H,(H,13,14)(H2,10,11,12). The Bertz CT molecular complexity index is 426. The summed E-state index contributed by atoms with van der Waals surface area (Å²) in [6.45, 7) is 0. The van der Waals surface area contributed by atoms with Gasteiger partial charge in [0.25, 0.3) is 12.0 Å². The van der Waals surface area contributed by atoms with Crippen molar-refractivity contribution in [2.75, 3.05) is 0 Å². The Hall–Kier alpha value is -1.92. The maximum absolute atomic E-state index is 12.2. The summed E-state index contributed by atoms with van der Waals surface area (Å²) in [5.41, 5.74) is -3.20. The van der Waals surface area contributed by atoms with E-state index < -0.39 is 34.8 Å². The Labute approximate surface area is 75.6 Å². The lowest BCUT2D eigenvalue weighted by Gasteiger charge is -2.04. The molecule has 0 aliphatic rings. The first-order valence-corrected chi connectivity index (χ1v) is 3.41. The SMILES string of the molecule is O=C(O)c1c[nH]c(=O)c(C(F)F)c1O. The molecule has 0 unspecified atom stereocenters. The number of aromatic nitrogens is 1. The number of carboxylic acids is 1. The van der Waals surface area contributed by atoms with Crippen LogP contribution in [0.1, 0.15) is 22.3 Å². The fourth-order valence-electron chi connectivity index (χ4n) is 0.902. The van der Waals surface area contributed by atoms with E-state index in [9.17, 15) is 18.4 Å². The third kappa shape index (κ3) is 1.56. The molecule has 0 amide bonds. The maximum atomic E-state index is 12.2. The monoisotopic (exact) mass is 205 g/mol. The fourth-order valence-corrected chi connectivity index (χ4v) is 0.902. The molecule has 0 spiro atoms. The van der Waals surface area contributed by atoms with Crippen LogP contribution in [0.2, 0.25) is 0 Å². The summed E-state index contributed by atoms with van der Waals surface area (Å²) in [6, 6.07) is 0. The van der Waals surface area contributed by atoms with Crippen LogP contribution in [0.4, 0.5) is 8.78 Å². The highest BCUT2D eigenvalue weighted by Crippen LogP contribution is 2.26. The molecule has 1 rings (SSSR count). The minimum atomic E-state index is -3.22. The number of H-pyrrole nitrogens is 1. The second-order valence-electron chi connectivity index (χ2n) is 2.40. The number of carbonyl (C=O) groups is 1. The predicted molar refractivity (Wildman–Crippen MR) is 40.6 cm³/mol. The van der Waals surface area contributed by atoms with Crippen molar-refractivity contribution >= 4 is 5.97 Å². The predicted octanol–water partition coefficient (Wildman–Crippen LogP) is 0.716. The molecule has 0 saturated carbocycles. The van der Waals surface area contributed by atoms with Gasteiger partial charge in [-0.05, 0) is 0 Å². The zero-order valence-electron chi connectivity index (χ0n) is 6.62. The van der Waals surface area contributed by atoms with Gasteiger partial charge in [-0.1, -0.05) is 0 Å². The zero-order valence-corrected chi connectivity index (χ0v) is 6.62. The van der Waals surface area contributed by atoms with Gasteiger partial charge in [-0.2, -0.15) is 0 Å². The average Bonchev–Trinajstić information content (AvgIpc) is 2.02. The molecule has 1 heterocycles. The smallest absolute Gasteiger partial charge is 0.340 e. The molecule has 14 heavy (non-hydrogen) atoms. The summed E-state index contributed by atoms with van der Waals surface area (Å²) in [5, 5.41) is 17.5. The van der Waals surface area contributed by atoms with Gasteiger partial charge in [0.2, 0.25) is 0 Å². The highest BCUT2D eigenvalue weighted by Gasteiger charge is 2.22. The number of hydrogen-bond acceptors (Lipinski definition) is 3.